The Morgan fingerprint density at radius 2 is 2.04 bits per heavy atom. The van der Waals surface area contributed by atoms with Crippen LogP contribution in [0.1, 0.15) is 24.1 Å². The van der Waals surface area contributed by atoms with Crippen LogP contribution in [0, 0.1) is 0 Å². The summed E-state index contributed by atoms with van der Waals surface area (Å²) in [4.78, 5) is 31.5. The number of ketones is 1. The number of carbonyl (C=O) groups excluding carboxylic acids is 1. The van der Waals surface area contributed by atoms with Gasteiger partial charge in [-0.3, -0.25) is 4.79 Å². The fourth-order valence-electron chi connectivity index (χ4n) is 3.08. The van der Waals surface area contributed by atoms with Gasteiger partial charge in [-0.2, -0.15) is 0 Å². The number of benzene rings is 1. The third-order valence-electron chi connectivity index (χ3n) is 4.52. The zero-order chi connectivity index (χ0) is 19.7. The van der Waals surface area contributed by atoms with E-state index in [0.29, 0.717) is 11.2 Å². The van der Waals surface area contributed by atoms with Gasteiger partial charge in [0.15, 0.2) is 11.3 Å². The maximum atomic E-state index is 12.6. The van der Waals surface area contributed by atoms with Crippen LogP contribution in [0.15, 0.2) is 72.1 Å². The average molecular weight is 375 g/mol. The number of Topliss-reactive ketones (excluding diaryl/α,β-unsaturated/α-hetero) is 1. The van der Waals surface area contributed by atoms with Gasteiger partial charge in [-0.05, 0) is 30.7 Å². The Hall–Kier alpha value is -3.87. The Kier molecular flexibility index (Phi) is 4.41. The molecule has 4 rings (SSSR count). The van der Waals surface area contributed by atoms with Gasteiger partial charge in [0.25, 0.3) is 0 Å². The largest absolute Gasteiger partial charge is 0.477 e. The van der Waals surface area contributed by atoms with Gasteiger partial charge in [-0.1, -0.05) is 30.3 Å². The molecule has 0 fully saturated rings. The summed E-state index contributed by atoms with van der Waals surface area (Å²) in [6, 6.07) is 12.9. The van der Waals surface area contributed by atoms with Gasteiger partial charge >= 0.3 is 5.97 Å². The van der Waals surface area contributed by atoms with E-state index >= 15 is 0 Å². The molecule has 0 spiro atoms. The van der Waals surface area contributed by atoms with Gasteiger partial charge in [0.1, 0.15) is 5.65 Å². The van der Waals surface area contributed by atoms with E-state index in [1.54, 1.807) is 18.5 Å². The number of aromatic amines is 1. The van der Waals surface area contributed by atoms with Crippen LogP contribution in [0.4, 0.5) is 0 Å². The molecule has 0 saturated carbocycles. The number of nitrogens with one attached hydrogen (secondary N) is 2. The maximum absolute atomic E-state index is 12.6. The van der Waals surface area contributed by atoms with Gasteiger partial charge in [-0.15, -0.1) is 0 Å². The number of carboxylic acids is 1. The first-order valence-corrected chi connectivity index (χ1v) is 8.70. The molecule has 3 heterocycles. The van der Waals surface area contributed by atoms with Gasteiger partial charge in [0.2, 0.25) is 11.7 Å². The molecule has 1 aromatic carbocycles. The second-order valence-electron chi connectivity index (χ2n) is 6.37. The predicted molar refractivity (Wildman–Crippen MR) is 103 cm³/mol. The number of nitrogens with zero attached hydrogens (tertiary/aromatic N) is 1. The molecule has 0 aliphatic carbocycles. The lowest BCUT2D eigenvalue weighted by Crippen LogP contribution is -2.21. The fourth-order valence-corrected chi connectivity index (χ4v) is 3.08. The number of aromatic nitrogens is 2. The smallest absolute Gasteiger partial charge is 0.345 e. The highest BCUT2D eigenvalue weighted by Gasteiger charge is 2.36. The number of allylic oxidation sites excluding steroid dienone is 1. The van der Waals surface area contributed by atoms with Crippen molar-refractivity contribution in [2.24, 2.45) is 0 Å². The number of carboxylic acid groups (broad SMARTS) is 1. The third kappa shape index (κ3) is 3.14. The summed E-state index contributed by atoms with van der Waals surface area (Å²) in [5.41, 5.74) is 1.89. The lowest BCUT2D eigenvalue weighted by molar-refractivity contribution is -0.134. The van der Waals surface area contributed by atoms with Crippen LogP contribution in [0.3, 0.4) is 0 Å². The first-order chi connectivity index (χ1) is 13.5. The molecule has 1 atom stereocenters. The minimum absolute atomic E-state index is 0.0510. The summed E-state index contributed by atoms with van der Waals surface area (Å²) in [5.74, 6) is -2.12. The third-order valence-corrected chi connectivity index (χ3v) is 4.52. The van der Waals surface area contributed by atoms with Gasteiger partial charge in [0, 0.05) is 23.3 Å². The van der Waals surface area contributed by atoms with Crippen LogP contribution in [-0.4, -0.2) is 26.8 Å². The first-order valence-electron chi connectivity index (χ1n) is 8.70. The van der Waals surface area contributed by atoms with Gasteiger partial charge in [0.05, 0.1) is 6.04 Å². The molecular formula is C21H17N3O4. The van der Waals surface area contributed by atoms with E-state index in [1.807, 2.05) is 43.3 Å². The van der Waals surface area contributed by atoms with E-state index < -0.39 is 17.3 Å². The van der Waals surface area contributed by atoms with E-state index in [-0.39, 0.29) is 17.7 Å². The summed E-state index contributed by atoms with van der Waals surface area (Å²) >= 11 is 0. The standard InChI is InChI=1S/C21H17N3O4/c1-12(13-6-3-2-4-7-13)24-20-17(21(26)27)18(25)16(28-20)10-14-11-23-19-15(14)8-5-9-22-19/h2-12,24H,1H3,(H,22,23)(H,26,27). The number of H-pyrrole nitrogens is 1. The number of pyridine rings is 1. The van der Waals surface area contributed by atoms with Crippen molar-refractivity contribution in [1.29, 1.82) is 0 Å². The summed E-state index contributed by atoms with van der Waals surface area (Å²) in [6.07, 6.45) is 4.87. The van der Waals surface area contributed by atoms with Crippen molar-refractivity contribution >= 4 is 28.9 Å². The van der Waals surface area contributed by atoms with Crippen LogP contribution < -0.4 is 5.32 Å². The van der Waals surface area contributed by atoms with Crippen LogP contribution in [0.5, 0.6) is 0 Å². The molecule has 3 N–H and O–H groups in total. The first kappa shape index (κ1) is 17.5. The quantitative estimate of drug-likeness (QED) is 0.467. The number of ether oxygens (including phenoxy) is 1. The topological polar surface area (TPSA) is 104 Å². The van der Waals surface area contributed by atoms with E-state index in [0.717, 1.165) is 10.9 Å². The number of hydrogen-bond acceptors (Lipinski definition) is 5. The van der Waals surface area contributed by atoms with Gasteiger partial charge < -0.3 is 20.1 Å². The normalized spacial score (nSPS) is 16.5. The fraction of sp³-hybridized carbons (Fsp3) is 0.0952. The highest BCUT2D eigenvalue weighted by molar-refractivity contribution is 6.26. The maximum Gasteiger partial charge on any atom is 0.345 e. The van der Waals surface area contributed by atoms with E-state index in [2.05, 4.69) is 15.3 Å². The number of aliphatic carboxylic acids is 1. The highest BCUT2D eigenvalue weighted by Crippen LogP contribution is 2.29. The SMILES string of the molecule is CC(NC1=C(C(=O)O)C(=O)C(=Cc2c[nH]c3ncccc23)O1)c1ccccc1. The van der Waals surface area contributed by atoms with Crippen LogP contribution in [0.25, 0.3) is 17.1 Å². The second-order valence-corrected chi connectivity index (χ2v) is 6.37. The minimum Gasteiger partial charge on any atom is -0.477 e. The molecule has 0 bridgehead atoms. The minimum atomic E-state index is -1.34. The number of hydrogen-bond donors (Lipinski definition) is 3. The summed E-state index contributed by atoms with van der Waals surface area (Å²) in [7, 11) is 0. The predicted octanol–water partition coefficient (Wildman–Crippen LogP) is 3.15. The molecule has 1 aliphatic rings. The number of carbonyl (C=O) groups is 2. The monoisotopic (exact) mass is 375 g/mol. The molecule has 140 valence electrons. The summed E-state index contributed by atoms with van der Waals surface area (Å²) in [6.45, 7) is 1.86. The molecular weight excluding hydrogens is 358 g/mol. The Bertz CT molecular complexity index is 1130. The lowest BCUT2D eigenvalue weighted by atomic mass is 10.1. The van der Waals surface area contributed by atoms with E-state index in [1.165, 1.54) is 6.08 Å². The second kappa shape index (κ2) is 7.03. The van der Waals surface area contributed by atoms with Crippen LogP contribution in [-0.2, 0) is 14.3 Å². The van der Waals surface area contributed by atoms with Crippen molar-refractivity contribution in [3.8, 4) is 0 Å². The Labute approximate surface area is 160 Å². The van der Waals surface area contributed by atoms with Crippen molar-refractivity contribution in [3.63, 3.8) is 0 Å². The van der Waals surface area contributed by atoms with Crippen LogP contribution >= 0.6 is 0 Å². The van der Waals surface area contributed by atoms with E-state index in [9.17, 15) is 14.7 Å². The summed E-state index contributed by atoms with van der Waals surface area (Å²) in [5, 5.41) is 13.3. The Balaban J connectivity index is 1.65. The molecule has 1 aliphatic heterocycles. The van der Waals surface area contributed by atoms with Crippen molar-refractivity contribution in [2.45, 2.75) is 13.0 Å². The van der Waals surface area contributed by atoms with Crippen molar-refractivity contribution in [1.82, 2.24) is 15.3 Å². The average Bonchev–Trinajstić information content (AvgIpc) is 3.24. The molecule has 3 aromatic rings. The van der Waals surface area contributed by atoms with Crippen LogP contribution in [0.2, 0.25) is 0 Å². The molecule has 0 saturated heterocycles. The van der Waals surface area contributed by atoms with Crippen molar-refractivity contribution in [2.75, 3.05) is 0 Å². The molecule has 2 aromatic heterocycles. The van der Waals surface area contributed by atoms with Crippen molar-refractivity contribution in [3.05, 3.63) is 83.2 Å². The lowest BCUT2D eigenvalue weighted by Gasteiger charge is -2.16. The van der Waals surface area contributed by atoms with Crippen molar-refractivity contribution < 1.29 is 19.4 Å². The Morgan fingerprint density at radius 3 is 2.79 bits per heavy atom. The number of fused-ring (bicyclic) bond motifs is 1. The van der Waals surface area contributed by atoms with E-state index in [4.69, 9.17) is 4.74 Å². The molecule has 28 heavy (non-hydrogen) atoms. The summed E-state index contributed by atoms with van der Waals surface area (Å²) < 4.78 is 5.63. The van der Waals surface area contributed by atoms with Gasteiger partial charge in [-0.25, -0.2) is 9.78 Å². The Morgan fingerprint density at radius 1 is 1.25 bits per heavy atom. The zero-order valence-corrected chi connectivity index (χ0v) is 15.0. The zero-order valence-electron chi connectivity index (χ0n) is 15.0. The molecule has 7 nitrogen and oxygen atoms in total. The number of rotatable bonds is 5. The molecule has 0 radical (unpaired) electrons. The molecule has 7 heteroatoms. The molecule has 0 amide bonds. The molecule has 1 unspecified atom stereocenters. The highest BCUT2D eigenvalue weighted by atomic mass is 16.5.